The molecule has 2 N–H and O–H groups in total. The molecule has 0 unspecified atom stereocenters. The van der Waals surface area contributed by atoms with Gasteiger partial charge >= 0.3 is 6.18 Å². The highest BCUT2D eigenvalue weighted by Gasteiger charge is 2.30. The van der Waals surface area contributed by atoms with Crippen molar-refractivity contribution in [2.45, 2.75) is 6.18 Å². The zero-order chi connectivity index (χ0) is 15.3. The number of rotatable bonds is 5. The summed E-state index contributed by atoms with van der Waals surface area (Å²) in [5.74, 6) is 0.780. The maximum atomic E-state index is 12.5. The minimum Gasteiger partial charge on any atom is -0.490 e. The van der Waals surface area contributed by atoms with Crippen molar-refractivity contribution in [1.29, 1.82) is 0 Å². The van der Waals surface area contributed by atoms with Gasteiger partial charge in [-0.1, -0.05) is 6.07 Å². The van der Waals surface area contributed by atoms with E-state index < -0.39 is 11.7 Å². The Morgan fingerprint density at radius 1 is 0.857 bits per heavy atom. The Morgan fingerprint density at radius 2 is 1.48 bits per heavy atom. The highest BCUT2D eigenvalue weighted by molar-refractivity contribution is 5.41. The summed E-state index contributed by atoms with van der Waals surface area (Å²) < 4.78 is 48.2. The standard InChI is InChI=1S/C15H14F3NO2/c16-15(17,18)11-2-1-3-14(10-11)21-9-8-20-13-6-4-12(19)5-7-13/h1-7,10H,8-9,19H2. The Bertz CT molecular complexity index is 582. The van der Waals surface area contributed by atoms with E-state index in [0.717, 1.165) is 12.1 Å². The monoisotopic (exact) mass is 297 g/mol. The first kappa shape index (κ1) is 15.0. The molecule has 6 heteroatoms. The largest absolute Gasteiger partial charge is 0.490 e. The summed E-state index contributed by atoms with van der Waals surface area (Å²) in [4.78, 5) is 0. The van der Waals surface area contributed by atoms with Gasteiger partial charge in [0.25, 0.3) is 0 Å². The van der Waals surface area contributed by atoms with Crippen molar-refractivity contribution < 1.29 is 22.6 Å². The number of ether oxygens (including phenoxy) is 2. The Kier molecular flexibility index (Phi) is 4.57. The van der Waals surface area contributed by atoms with Crippen LogP contribution in [-0.2, 0) is 6.18 Å². The Labute approximate surface area is 120 Å². The second-order valence-corrected chi connectivity index (χ2v) is 4.29. The third kappa shape index (κ3) is 4.59. The second-order valence-electron chi connectivity index (χ2n) is 4.29. The second kappa shape index (κ2) is 6.39. The molecule has 2 aromatic carbocycles. The summed E-state index contributed by atoms with van der Waals surface area (Å²) in [6, 6.07) is 11.5. The van der Waals surface area contributed by atoms with Crippen LogP contribution in [0.1, 0.15) is 5.56 Å². The van der Waals surface area contributed by atoms with E-state index in [1.54, 1.807) is 24.3 Å². The molecule has 2 aromatic rings. The van der Waals surface area contributed by atoms with Crippen molar-refractivity contribution >= 4 is 5.69 Å². The summed E-state index contributed by atoms with van der Waals surface area (Å²) >= 11 is 0. The van der Waals surface area contributed by atoms with Gasteiger partial charge in [0.05, 0.1) is 5.56 Å². The predicted octanol–water partition coefficient (Wildman–Crippen LogP) is 3.75. The van der Waals surface area contributed by atoms with E-state index in [1.807, 2.05) is 0 Å². The average molecular weight is 297 g/mol. The van der Waals surface area contributed by atoms with Crippen molar-refractivity contribution in [3.8, 4) is 11.5 Å². The van der Waals surface area contributed by atoms with E-state index in [9.17, 15) is 13.2 Å². The van der Waals surface area contributed by atoms with Gasteiger partial charge in [0, 0.05) is 5.69 Å². The molecule has 0 aliphatic carbocycles. The first-order chi connectivity index (χ1) is 9.95. The van der Waals surface area contributed by atoms with E-state index in [-0.39, 0.29) is 19.0 Å². The van der Waals surface area contributed by atoms with Gasteiger partial charge in [0.1, 0.15) is 24.7 Å². The van der Waals surface area contributed by atoms with Gasteiger partial charge in [0.2, 0.25) is 0 Å². The smallest absolute Gasteiger partial charge is 0.416 e. The topological polar surface area (TPSA) is 44.5 Å². The van der Waals surface area contributed by atoms with Gasteiger partial charge < -0.3 is 15.2 Å². The number of nitrogen functional groups attached to an aromatic ring is 1. The zero-order valence-corrected chi connectivity index (χ0v) is 11.1. The summed E-state index contributed by atoms with van der Waals surface area (Å²) in [5, 5.41) is 0. The van der Waals surface area contributed by atoms with Gasteiger partial charge in [0.15, 0.2) is 0 Å². The maximum absolute atomic E-state index is 12.5. The highest BCUT2D eigenvalue weighted by atomic mass is 19.4. The van der Waals surface area contributed by atoms with Crippen molar-refractivity contribution in [2.24, 2.45) is 0 Å². The van der Waals surface area contributed by atoms with E-state index in [2.05, 4.69) is 0 Å². The minimum atomic E-state index is -4.38. The molecule has 0 aliphatic rings. The van der Waals surface area contributed by atoms with Crippen LogP contribution in [0.15, 0.2) is 48.5 Å². The predicted molar refractivity (Wildman–Crippen MR) is 73.3 cm³/mol. The van der Waals surface area contributed by atoms with Gasteiger partial charge in [-0.15, -0.1) is 0 Å². The molecule has 3 nitrogen and oxygen atoms in total. The molecular weight excluding hydrogens is 283 g/mol. The van der Waals surface area contributed by atoms with Crippen LogP contribution >= 0.6 is 0 Å². The van der Waals surface area contributed by atoms with Crippen molar-refractivity contribution in [1.82, 2.24) is 0 Å². The van der Waals surface area contributed by atoms with Crippen molar-refractivity contribution in [3.63, 3.8) is 0 Å². The zero-order valence-electron chi connectivity index (χ0n) is 11.1. The molecule has 0 aliphatic heterocycles. The Balaban J connectivity index is 1.82. The lowest BCUT2D eigenvalue weighted by Gasteiger charge is -2.11. The van der Waals surface area contributed by atoms with E-state index in [0.29, 0.717) is 11.4 Å². The van der Waals surface area contributed by atoms with Crippen LogP contribution in [-0.4, -0.2) is 13.2 Å². The number of hydrogen-bond acceptors (Lipinski definition) is 3. The molecule has 0 bridgehead atoms. The number of alkyl halides is 3. The number of hydrogen-bond donors (Lipinski definition) is 1. The average Bonchev–Trinajstić information content (AvgIpc) is 2.45. The molecule has 0 heterocycles. The van der Waals surface area contributed by atoms with E-state index >= 15 is 0 Å². The minimum absolute atomic E-state index is 0.145. The fourth-order valence-electron chi connectivity index (χ4n) is 1.65. The van der Waals surface area contributed by atoms with Crippen molar-refractivity contribution in [2.75, 3.05) is 18.9 Å². The lowest BCUT2D eigenvalue weighted by Crippen LogP contribution is -2.10. The quantitative estimate of drug-likeness (QED) is 0.675. The highest BCUT2D eigenvalue weighted by Crippen LogP contribution is 2.31. The third-order valence-electron chi connectivity index (χ3n) is 2.66. The molecular formula is C15H14F3NO2. The van der Waals surface area contributed by atoms with Crippen LogP contribution in [0, 0.1) is 0 Å². The number of benzene rings is 2. The molecule has 0 aromatic heterocycles. The lowest BCUT2D eigenvalue weighted by molar-refractivity contribution is -0.137. The molecule has 0 spiro atoms. The van der Waals surface area contributed by atoms with E-state index in [4.69, 9.17) is 15.2 Å². The fraction of sp³-hybridized carbons (Fsp3) is 0.200. The maximum Gasteiger partial charge on any atom is 0.416 e. The van der Waals surface area contributed by atoms with Crippen LogP contribution < -0.4 is 15.2 Å². The molecule has 0 fully saturated rings. The van der Waals surface area contributed by atoms with Crippen LogP contribution in [0.2, 0.25) is 0 Å². The lowest BCUT2D eigenvalue weighted by atomic mass is 10.2. The number of anilines is 1. The van der Waals surface area contributed by atoms with Crippen LogP contribution in [0.25, 0.3) is 0 Å². The SMILES string of the molecule is Nc1ccc(OCCOc2cccc(C(F)(F)F)c2)cc1. The first-order valence-corrected chi connectivity index (χ1v) is 6.23. The van der Waals surface area contributed by atoms with Crippen LogP contribution in [0.5, 0.6) is 11.5 Å². The Morgan fingerprint density at radius 3 is 2.10 bits per heavy atom. The molecule has 0 atom stereocenters. The molecule has 2 rings (SSSR count). The van der Waals surface area contributed by atoms with E-state index in [1.165, 1.54) is 12.1 Å². The first-order valence-electron chi connectivity index (χ1n) is 6.23. The number of nitrogens with two attached hydrogens (primary N) is 1. The summed E-state index contributed by atoms with van der Waals surface area (Å²) in [6.07, 6.45) is -4.38. The molecule has 0 radical (unpaired) electrons. The molecule has 21 heavy (non-hydrogen) atoms. The fourth-order valence-corrected chi connectivity index (χ4v) is 1.65. The summed E-state index contributed by atoms with van der Waals surface area (Å²) in [5.41, 5.74) is 5.43. The van der Waals surface area contributed by atoms with Crippen LogP contribution in [0.3, 0.4) is 0 Å². The number of halogens is 3. The van der Waals surface area contributed by atoms with Gasteiger partial charge in [-0.3, -0.25) is 0 Å². The molecule has 0 saturated carbocycles. The Hall–Kier alpha value is -2.37. The molecule has 0 saturated heterocycles. The van der Waals surface area contributed by atoms with Gasteiger partial charge in [-0.05, 0) is 42.5 Å². The summed E-state index contributed by atoms with van der Waals surface area (Å²) in [6.45, 7) is 0.367. The molecule has 112 valence electrons. The van der Waals surface area contributed by atoms with Gasteiger partial charge in [-0.2, -0.15) is 13.2 Å². The van der Waals surface area contributed by atoms with Crippen LogP contribution in [0.4, 0.5) is 18.9 Å². The summed E-state index contributed by atoms with van der Waals surface area (Å²) in [7, 11) is 0. The third-order valence-corrected chi connectivity index (χ3v) is 2.66. The van der Waals surface area contributed by atoms with Gasteiger partial charge in [-0.25, -0.2) is 0 Å². The normalized spacial score (nSPS) is 11.2. The van der Waals surface area contributed by atoms with Crippen molar-refractivity contribution in [3.05, 3.63) is 54.1 Å². The molecule has 0 amide bonds.